The number of thiocarbonyl (C=S) groups is 1. The number of thioether (sulfide) groups is 1. The number of aliphatic carboxylic acids is 1. The molecule has 0 unspecified atom stereocenters. The first-order chi connectivity index (χ1) is 13.3. The first kappa shape index (κ1) is 21.0. The summed E-state index contributed by atoms with van der Waals surface area (Å²) in [5, 5.41) is 13.8. The molecule has 1 aliphatic heterocycles. The van der Waals surface area contributed by atoms with Crippen molar-refractivity contribution < 1.29 is 14.7 Å². The zero-order chi connectivity index (χ0) is 20.3. The van der Waals surface area contributed by atoms with Crippen LogP contribution in [0.1, 0.15) is 24.1 Å². The van der Waals surface area contributed by atoms with Gasteiger partial charge in [-0.05, 0) is 46.1 Å². The third-order valence-electron chi connectivity index (χ3n) is 3.99. The first-order valence-electron chi connectivity index (χ1n) is 8.28. The van der Waals surface area contributed by atoms with Crippen LogP contribution in [0.5, 0.6) is 0 Å². The molecule has 146 valence electrons. The molecule has 1 aromatic carbocycles. The van der Waals surface area contributed by atoms with Gasteiger partial charge in [-0.25, -0.2) is 0 Å². The van der Waals surface area contributed by atoms with Crippen LogP contribution in [-0.4, -0.2) is 42.5 Å². The zero-order valence-electron chi connectivity index (χ0n) is 14.5. The predicted molar refractivity (Wildman–Crippen MR) is 117 cm³/mol. The van der Waals surface area contributed by atoms with Crippen molar-refractivity contribution in [2.24, 2.45) is 0 Å². The summed E-state index contributed by atoms with van der Waals surface area (Å²) in [4.78, 5) is 25.3. The number of amides is 1. The summed E-state index contributed by atoms with van der Waals surface area (Å²) in [6.07, 6.45) is 3.78. The van der Waals surface area contributed by atoms with Crippen molar-refractivity contribution in [1.82, 2.24) is 14.7 Å². The molecule has 1 aromatic heterocycles. The maximum atomic E-state index is 12.7. The number of rotatable bonds is 7. The molecule has 3 rings (SSSR count). The summed E-state index contributed by atoms with van der Waals surface area (Å²) in [6, 6.07) is 7.47. The lowest BCUT2D eigenvalue weighted by molar-refractivity contribution is -0.137. The maximum absolute atomic E-state index is 12.7. The molecule has 2 heterocycles. The van der Waals surface area contributed by atoms with E-state index in [0.717, 1.165) is 15.7 Å². The quantitative estimate of drug-likeness (QED) is 0.448. The molecule has 0 radical (unpaired) electrons. The van der Waals surface area contributed by atoms with E-state index in [4.69, 9.17) is 28.9 Å². The van der Waals surface area contributed by atoms with Crippen LogP contribution in [-0.2, 0) is 16.1 Å². The Morgan fingerprint density at radius 2 is 2.07 bits per heavy atom. The number of hydrogen-bond donors (Lipinski definition) is 1. The van der Waals surface area contributed by atoms with E-state index < -0.39 is 5.97 Å². The van der Waals surface area contributed by atoms with Gasteiger partial charge in [0.05, 0.1) is 27.8 Å². The first-order valence-corrected chi connectivity index (χ1v) is 10.7. The van der Waals surface area contributed by atoms with Crippen LogP contribution in [0.4, 0.5) is 0 Å². The average molecular weight is 501 g/mol. The Morgan fingerprint density at radius 1 is 1.36 bits per heavy atom. The number of carbonyl (C=O) groups is 2. The lowest BCUT2D eigenvalue weighted by Crippen LogP contribution is -2.29. The highest BCUT2D eigenvalue weighted by Crippen LogP contribution is 2.34. The second kappa shape index (κ2) is 9.21. The van der Waals surface area contributed by atoms with Gasteiger partial charge in [-0.1, -0.05) is 47.7 Å². The Bertz CT molecular complexity index is 959. The molecule has 2 aromatic rings. The van der Waals surface area contributed by atoms with Gasteiger partial charge in [0.25, 0.3) is 5.91 Å². The summed E-state index contributed by atoms with van der Waals surface area (Å²) in [6.45, 7) is 0.813. The summed E-state index contributed by atoms with van der Waals surface area (Å²) in [7, 11) is 0. The monoisotopic (exact) mass is 499 g/mol. The normalized spacial score (nSPS) is 15.6. The van der Waals surface area contributed by atoms with E-state index in [1.165, 1.54) is 16.7 Å². The molecule has 0 aliphatic carbocycles. The fourth-order valence-electron chi connectivity index (χ4n) is 2.61. The molecule has 6 nitrogen and oxygen atoms in total. The van der Waals surface area contributed by atoms with Crippen molar-refractivity contribution >= 4 is 73.8 Å². The Balaban J connectivity index is 1.78. The average Bonchev–Trinajstić information content (AvgIpc) is 3.11. The molecule has 1 aliphatic rings. The Hall–Kier alpha value is -1.68. The molecule has 1 fully saturated rings. The number of benzene rings is 1. The Labute approximate surface area is 184 Å². The molecule has 0 atom stereocenters. The molecule has 1 N–H and O–H groups in total. The van der Waals surface area contributed by atoms with Crippen molar-refractivity contribution in [3.8, 4) is 0 Å². The molecule has 0 spiro atoms. The van der Waals surface area contributed by atoms with E-state index >= 15 is 0 Å². The highest BCUT2D eigenvalue weighted by atomic mass is 79.9. The van der Waals surface area contributed by atoms with E-state index in [9.17, 15) is 9.59 Å². The van der Waals surface area contributed by atoms with Crippen molar-refractivity contribution in [1.29, 1.82) is 0 Å². The van der Waals surface area contributed by atoms with Crippen LogP contribution in [0.25, 0.3) is 6.08 Å². The number of hydrogen-bond acceptors (Lipinski definition) is 5. The van der Waals surface area contributed by atoms with Gasteiger partial charge in [0, 0.05) is 18.0 Å². The Morgan fingerprint density at radius 3 is 2.75 bits per heavy atom. The van der Waals surface area contributed by atoms with Crippen LogP contribution >= 0.6 is 51.5 Å². The Kier molecular flexibility index (Phi) is 6.92. The molecule has 0 saturated carbocycles. The predicted octanol–water partition coefficient (Wildman–Crippen LogP) is 4.41. The van der Waals surface area contributed by atoms with Crippen LogP contribution in [0.3, 0.4) is 0 Å². The molecule has 1 saturated heterocycles. The molecular formula is C18H15BrClN3O3S2. The van der Waals surface area contributed by atoms with E-state index in [0.29, 0.717) is 33.8 Å². The fourth-order valence-corrected chi connectivity index (χ4v) is 4.43. The van der Waals surface area contributed by atoms with Gasteiger partial charge in [0.2, 0.25) is 0 Å². The van der Waals surface area contributed by atoms with Crippen LogP contribution < -0.4 is 0 Å². The number of carbonyl (C=O) groups excluding carboxylic acids is 1. The number of aromatic nitrogens is 2. The van der Waals surface area contributed by atoms with E-state index in [-0.39, 0.29) is 12.3 Å². The summed E-state index contributed by atoms with van der Waals surface area (Å²) in [5.41, 5.74) is 1.77. The van der Waals surface area contributed by atoms with Crippen molar-refractivity contribution in [2.45, 2.75) is 19.4 Å². The SMILES string of the molecule is O=C(O)CCCN1C(=O)/C(=C\c2c(Br)cnn2Cc2ccc(Cl)cc2)SC1=S. The number of nitrogens with zero attached hydrogens (tertiary/aromatic N) is 3. The molecule has 28 heavy (non-hydrogen) atoms. The number of carboxylic acids is 1. The second-order valence-electron chi connectivity index (χ2n) is 5.99. The number of carboxylic acid groups (broad SMARTS) is 1. The van der Waals surface area contributed by atoms with Gasteiger partial charge in [-0.15, -0.1) is 0 Å². The number of halogens is 2. The van der Waals surface area contributed by atoms with Crippen molar-refractivity contribution in [2.75, 3.05) is 6.54 Å². The van der Waals surface area contributed by atoms with Gasteiger partial charge in [0.1, 0.15) is 4.32 Å². The molecule has 0 bridgehead atoms. The van der Waals surface area contributed by atoms with Crippen LogP contribution in [0.15, 0.2) is 39.8 Å². The summed E-state index contributed by atoms with van der Waals surface area (Å²) < 4.78 is 2.98. The van der Waals surface area contributed by atoms with Gasteiger partial charge in [-0.3, -0.25) is 19.2 Å². The summed E-state index contributed by atoms with van der Waals surface area (Å²) >= 11 is 15.9. The van der Waals surface area contributed by atoms with Crippen molar-refractivity contribution in [3.63, 3.8) is 0 Å². The largest absolute Gasteiger partial charge is 0.481 e. The van der Waals surface area contributed by atoms with Crippen molar-refractivity contribution in [3.05, 3.63) is 56.1 Å². The highest BCUT2D eigenvalue weighted by Gasteiger charge is 2.32. The lowest BCUT2D eigenvalue weighted by atomic mass is 10.2. The van der Waals surface area contributed by atoms with Gasteiger partial charge < -0.3 is 5.11 Å². The van der Waals surface area contributed by atoms with Gasteiger partial charge in [0.15, 0.2) is 0 Å². The van der Waals surface area contributed by atoms with E-state index in [1.54, 1.807) is 17.0 Å². The highest BCUT2D eigenvalue weighted by molar-refractivity contribution is 9.10. The minimum atomic E-state index is -0.893. The van der Waals surface area contributed by atoms with E-state index in [1.807, 2.05) is 24.3 Å². The standard InChI is InChI=1S/C18H15BrClN3O3S2/c19-13-9-21-23(10-11-3-5-12(20)6-4-11)14(13)8-15-17(26)22(18(27)28-15)7-1-2-16(24)25/h3-6,8-9H,1-2,7,10H2,(H,24,25)/b15-8+. The molecule has 1 amide bonds. The van der Waals surface area contributed by atoms with Crippen LogP contribution in [0, 0.1) is 0 Å². The fraction of sp³-hybridized carbons (Fsp3) is 0.222. The maximum Gasteiger partial charge on any atom is 0.303 e. The minimum Gasteiger partial charge on any atom is -0.481 e. The van der Waals surface area contributed by atoms with Gasteiger partial charge in [-0.2, -0.15) is 5.10 Å². The lowest BCUT2D eigenvalue weighted by Gasteiger charge is -2.13. The third-order valence-corrected chi connectivity index (χ3v) is 6.23. The minimum absolute atomic E-state index is 0.00445. The molecule has 10 heteroatoms. The molecular weight excluding hydrogens is 486 g/mol. The summed E-state index contributed by atoms with van der Waals surface area (Å²) in [5.74, 6) is -1.11. The second-order valence-corrected chi connectivity index (χ2v) is 8.96. The van der Waals surface area contributed by atoms with Crippen LogP contribution in [0.2, 0.25) is 5.02 Å². The zero-order valence-corrected chi connectivity index (χ0v) is 18.4. The topological polar surface area (TPSA) is 75.4 Å². The third kappa shape index (κ3) is 5.02. The smallest absolute Gasteiger partial charge is 0.303 e. The van der Waals surface area contributed by atoms with Gasteiger partial charge >= 0.3 is 5.97 Å². The van der Waals surface area contributed by atoms with E-state index in [2.05, 4.69) is 21.0 Å².